The van der Waals surface area contributed by atoms with Gasteiger partial charge in [0.25, 0.3) is 0 Å². The minimum absolute atomic E-state index is 0.0124. The predicted octanol–water partition coefficient (Wildman–Crippen LogP) is 8.65. The highest BCUT2D eigenvalue weighted by Crippen LogP contribution is 2.42. The van der Waals surface area contributed by atoms with E-state index in [1.165, 1.54) is 0 Å². The van der Waals surface area contributed by atoms with Gasteiger partial charge in [0.05, 0.1) is 6.04 Å². The summed E-state index contributed by atoms with van der Waals surface area (Å²) in [7, 11) is -1.79. The summed E-state index contributed by atoms with van der Waals surface area (Å²) in [4.78, 5) is 4.86. The molecule has 0 bridgehead atoms. The molecule has 184 valence electrons. The Labute approximate surface area is 211 Å². The first kappa shape index (κ1) is 23.1. The number of hydrogen-bond acceptors (Lipinski definition) is 5. The highest BCUT2D eigenvalue weighted by atomic mass is 31.1. The van der Waals surface area contributed by atoms with E-state index in [0.717, 1.165) is 43.5 Å². The van der Waals surface area contributed by atoms with Crippen molar-refractivity contribution in [3.05, 3.63) is 72.8 Å². The molecule has 1 atom stereocenters. The van der Waals surface area contributed by atoms with Crippen LogP contribution in [0, 0.1) is 5.41 Å². The van der Waals surface area contributed by atoms with Crippen LogP contribution < -0.4 is 4.52 Å². The molecule has 0 aliphatic carbocycles. The molecule has 0 saturated heterocycles. The van der Waals surface area contributed by atoms with Gasteiger partial charge in [-0.1, -0.05) is 81.4 Å². The second-order valence-electron chi connectivity index (χ2n) is 11.0. The molecule has 36 heavy (non-hydrogen) atoms. The van der Waals surface area contributed by atoms with Crippen LogP contribution in [0.5, 0.6) is 0 Å². The summed E-state index contributed by atoms with van der Waals surface area (Å²) in [5, 5.41) is 6.57. The fraction of sp³-hybridized carbons (Fsp3) is 0.300. The summed E-state index contributed by atoms with van der Waals surface area (Å²) in [6.07, 6.45) is 0. The van der Waals surface area contributed by atoms with Crippen LogP contribution >= 0.6 is 8.24 Å². The standard InChI is InChI=1S/C30H30NO4P/c1-29(2,3)25-18-32-28(31-25)30(4,5)35-36-33-23-16-14-19-10-6-8-12-21(19)26(23)27-22-13-9-7-11-20(22)15-17-24(27)34-36/h6-17,25H,18H2,1-5H3. The molecule has 0 amide bonds. The molecule has 6 heteroatoms. The second kappa shape index (κ2) is 8.40. The van der Waals surface area contributed by atoms with Crippen molar-refractivity contribution in [3.8, 4) is 0 Å². The molecule has 0 N–H and O–H groups in total. The van der Waals surface area contributed by atoms with Gasteiger partial charge in [0, 0.05) is 10.8 Å². The smallest absolute Gasteiger partial charge is 0.388 e. The minimum atomic E-state index is -1.79. The normalized spacial score (nSPS) is 16.6. The van der Waals surface area contributed by atoms with Crippen molar-refractivity contribution < 1.29 is 17.7 Å². The van der Waals surface area contributed by atoms with Crippen LogP contribution in [0.1, 0.15) is 34.6 Å². The molecule has 6 rings (SSSR count). The summed E-state index contributed by atoms with van der Waals surface area (Å²) < 4.78 is 25.5. The van der Waals surface area contributed by atoms with E-state index in [1.807, 2.05) is 26.0 Å². The van der Waals surface area contributed by atoms with Crippen LogP contribution in [0.2, 0.25) is 0 Å². The maximum atomic E-state index is 6.51. The third-order valence-electron chi connectivity index (χ3n) is 6.85. The SMILES string of the molecule is CC(C)(Op1oc2ccc3ccccc3c2c2c(ccc3ccccc32)o1)C1=NC(C(C)(C)C)CO1. The van der Waals surface area contributed by atoms with Crippen LogP contribution in [-0.4, -0.2) is 24.1 Å². The van der Waals surface area contributed by atoms with E-state index in [0.29, 0.717) is 12.5 Å². The van der Waals surface area contributed by atoms with Crippen LogP contribution in [0.4, 0.5) is 0 Å². The number of fused-ring (bicyclic) bond motifs is 7. The number of rotatable bonds is 3. The Morgan fingerprint density at radius 1 is 0.750 bits per heavy atom. The third kappa shape index (κ3) is 3.97. The highest BCUT2D eigenvalue weighted by molar-refractivity contribution is 7.32. The van der Waals surface area contributed by atoms with Crippen molar-refractivity contribution in [1.82, 2.24) is 0 Å². The van der Waals surface area contributed by atoms with Crippen molar-refractivity contribution in [1.29, 1.82) is 0 Å². The number of benzene rings is 4. The van der Waals surface area contributed by atoms with E-state index >= 15 is 0 Å². The van der Waals surface area contributed by atoms with E-state index in [-0.39, 0.29) is 11.5 Å². The van der Waals surface area contributed by atoms with Crippen LogP contribution in [0.25, 0.3) is 43.5 Å². The molecule has 1 aliphatic rings. The van der Waals surface area contributed by atoms with Crippen molar-refractivity contribution in [2.45, 2.75) is 46.3 Å². The summed E-state index contributed by atoms with van der Waals surface area (Å²) in [5.74, 6) is 0.582. The van der Waals surface area contributed by atoms with E-state index in [2.05, 4.69) is 81.4 Å². The number of hydrogen-bond donors (Lipinski definition) is 0. The number of ether oxygens (including phenoxy) is 1. The van der Waals surface area contributed by atoms with E-state index in [1.54, 1.807) is 0 Å². The maximum Gasteiger partial charge on any atom is 0.388 e. The molecular weight excluding hydrogens is 469 g/mol. The first-order chi connectivity index (χ1) is 17.2. The fourth-order valence-electron chi connectivity index (χ4n) is 4.76. The molecule has 1 aromatic heterocycles. The first-order valence-corrected chi connectivity index (χ1v) is 13.4. The largest absolute Gasteiger partial charge is 0.477 e. The van der Waals surface area contributed by atoms with Gasteiger partial charge in [-0.3, -0.25) is 4.52 Å². The molecule has 5 nitrogen and oxygen atoms in total. The second-order valence-corrected chi connectivity index (χ2v) is 11.9. The Morgan fingerprint density at radius 2 is 1.28 bits per heavy atom. The molecule has 5 aromatic rings. The summed E-state index contributed by atoms with van der Waals surface area (Å²) >= 11 is 0. The van der Waals surface area contributed by atoms with Crippen molar-refractivity contribution >= 4 is 57.6 Å². The lowest BCUT2D eigenvalue weighted by molar-refractivity contribution is 0.177. The zero-order valence-electron chi connectivity index (χ0n) is 21.2. The Hall–Kier alpha value is -3.27. The molecule has 1 unspecified atom stereocenters. The maximum absolute atomic E-state index is 6.51. The van der Waals surface area contributed by atoms with Gasteiger partial charge in [0.15, 0.2) is 5.60 Å². The highest BCUT2D eigenvalue weighted by Gasteiger charge is 2.39. The van der Waals surface area contributed by atoms with Gasteiger partial charge in [-0.15, -0.1) is 0 Å². The molecule has 0 spiro atoms. The predicted molar refractivity (Wildman–Crippen MR) is 149 cm³/mol. The third-order valence-corrected chi connectivity index (χ3v) is 8.14. The number of aliphatic imine (C=N–C) groups is 1. The Balaban J connectivity index is 1.60. The average molecular weight is 500 g/mol. The molecule has 0 saturated carbocycles. The zero-order chi connectivity index (χ0) is 25.1. The van der Waals surface area contributed by atoms with Crippen molar-refractivity contribution in [2.75, 3.05) is 6.61 Å². The summed E-state index contributed by atoms with van der Waals surface area (Å²) in [5.41, 5.74) is 0.683. The number of nitrogens with zero attached hydrogens (tertiary/aromatic N) is 1. The zero-order valence-corrected chi connectivity index (χ0v) is 22.1. The van der Waals surface area contributed by atoms with Gasteiger partial charge in [0.1, 0.15) is 17.8 Å². The van der Waals surface area contributed by atoms with Crippen molar-refractivity contribution in [3.63, 3.8) is 0 Å². The Bertz CT molecular complexity index is 1600. The Kier molecular flexibility index (Phi) is 5.40. The van der Waals surface area contributed by atoms with E-state index in [9.17, 15) is 0 Å². The van der Waals surface area contributed by atoms with Crippen molar-refractivity contribution in [2.24, 2.45) is 10.4 Å². The summed E-state index contributed by atoms with van der Waals surface area (Å²) in [6.45, 7) is 11.0. The lowest BCUT2D eigenvalue weighted by Gasteiger charge is -2.22. The van der Waals surface area contributed by atoms with Gasteiger partial charge >= 0.3 is 8.24 Å². The molecule has 1 aliphatic heterocycles. The monoisotopic (exact) mass is 499 g/mol. The lowest BCUT2D eigenvalue weighted by Crippen LogP contribution is -2.37. The molecule has 0 fully saturated rings. The van der Waals surface area contributed by atoms with Crippen LogP contribution in [-0.2, 0) is 4.74 Å². The van der Waals surface area contributed by atoms with Gasteiger partial charge in [-0.25, -0.2) is 4.99 Å². The van der Waals surface area contributed by atoms with E-state index in [4.69, 9.17) is 22.6 Å². The molecule has 2 heterocycles. The summed E-state index contributed by atoms with van der Waals surface area (Å²) in [6, 6.07) is 25.0. The quantitative estimate of drug-likeness (QED) is 0.249. The topological polar surface area (TPSA) is 57.1 Å². The molecule has 4 aromatic carbocycles. The van der Waals surface area contributed by atoms with Gasteiger partial charge < -0.3 is 13.1 Å². The van der Waals surface area contributed by atoms with Gasteiger partial charge in [-0.2, -0.15) is 0 Å². The molecular formula is C30H30NO4P. The van der Waals surface area contributed by atoms with Crippen LogP contribution in [0.15, 0.2) is 86.2 Å². The Morgan fingerprint density at radius 3 is 1.78 bits per heavy atom. The fourth-order valence-corrected chi connectivity index (χ4v) is 5.95. The van der Waals surface area contributed by atoms with Crippen LogP contribution in [0.3, 0.4) is 0 Å². The molecule has 0 radical (unpaired) electrons. The first-order valence-electron chi connectivity index (χ1n) is 12.3. The average Bonchev–Trinajstić information content (AvgIpc) is 3.31. The lowest BCUT2D eigenvalue weighted by atomic mass is 9.88. The van der Waals surface area contributed by atoms with E-state index < -0.39 is 13.8 Å². The van der Waals surface area contributed by atoms with Gasteiger partial charge in [-0.05, 0) is 52.9 Å². The van der Waals surface area contributed by atoms with Gasteiger partial charge in [0.2, 0.25) is 5.90 Å². The minimum Gasteiger partial charge on any atom is -0.477 e.